The van der Waals surface area contributed by atoms with Gasteiger partial charge in [0, 0.05) is 13.1 Å². The number of fused-ring (bicyclic) bond motifs is 1. The maximum Gasteiger partial charge on any atom is 0.244 e. The lowest BCUT2D eigenvalue weighted by atomic mass is 10.2. The van der Waals surface area contributed by atoms with Crippen LogP contribution < -0.4 is 9.64 Å². The number of thiol groups is 1. The molecule has 0 spiro atoms. The second-order valence-corrected chi connectivity index (χ2v) is 5.79. The number of carbonyl (C=O) groups is 1. The first-order chi connectivity index (χ1) is 9.70. The number of anilines is 1. The molecule has 2 aromatic rings. The first-order valence-corrected chi connectivity index (χ1v) is 7.50. The average Bonchev–Trinajstić information content (AvgIpc) is 2.92. The lowest BCUT2D eigenvalue weighted by Gasteiger charge is -2.29. The number of aromatic nitrogens is 1. The largest absolute Gasteiger partial charge is 0.494 e. The van der Waals surface area contributed by atoms with Crippen LogP contribution in [-0.2, 0) is 4.74 Å². The Balaban J connectivity index is 2.14. The maximum absolute atomic E-state index is 11.4. The van der Waals surface area contributed by atoms with E-state index in [1.165, 1.54) is 11.3 Å². The van der Waals surface area contributed by atoms with Crippen LogP contribution in [0, 0.1) is 0 Å². The minimum absolute atomic E-state index is 0.318. The molecule has 1 aliphatic rings. The second kappa shape index (κ2) is 5.59. The molecule has 3 rings (SSSR count). The van der Waals surface area contributed by atoms with Crippen LogP contribution in [0.4, 0.5) is 5.69 Å². The molecular weight excluding hydrogens is 296 g/mol. The number of rotatable bonds is 3. The number of thiazole rings is 1. The van der Waals surface area contributed by atoms with Crippen molar-refractivity contribution in [3.05, 3.63) is 17.1 Å². The van der Waals surface area contributed by atoms with Crippen molar-refractivity contribution in [1.82, 2.24) is 4.98 Å². The minimum atomic E-state index is -0.318. The third-order valence-electron chi connectivity index (χ3n) is 3.24. The van der Waals surface area contributed by atoms with Crippen LogP contribution >= 0.6 is 24.0 Å². The van der Waals surface area contributed by atoms with Crippen LogP contribution in [0.25, 0.3) is 10.2 Å². The van der Waals surface area contributed by atoms with Crippen molar-refractivity contribution in [3.63, 3.8) is 0 Å². The molecule has 1 saturated heterocycles. The zero-order chi connectivity index (χ0) is 14.1. The van der Waals surface area contributed by atoms with Gasteiger partial charge in [-0.25, -0.2) is 4.98 Å². The van der Waals surface area contributed by atoms with E-state index >= 15 is 0 Å². The molecule has 106 valence electrons. The van der Waals surface area contributed by atoms with Crippen LogP contribution in [-0.4, -0.2) is 43.5 Å². The summed E-state index contributed by atoms with van der Waals surface area (Å²) in [5.74, 6) is 0.675. The number of morpholine rings is 1. The fourth-order valence-electron chi connectivity index (χ4n) is 2.28. The Kier molecular flexibility index (Phi) is 3.82. The van der Waals surface area contributed by atoms with E-state index in [1.807, 2.05) is 12.1 Å². The fourth-order valence-corrected chi connectivity index (χ4v) is 3.43. The van der Waals surface area contributed by atoms with Crippen LogP contribution in [0.3, 0.4) is 0 Å². The smallest absolute Gasteiger partial charge is 0.244 e. The van der Waals surface area contributed by atoms with Gasteiger partial charge in [-0.2, -0.15) is 0 Å². The normalized spacial score (nSPS) is 15.6. The molecule has 1 aromatic carbocycles. The highest BCUT2D eigenvalue weighted by Gasteiger charge is 2.20. The van der Waals surface area contributed by atoms with Crippen LogP contribution in [0.1, 0.15) is 9.80 Å². The predicted octanol–water partition coefficient (Wildman–Crippen LogP) is 2.21. The summed E-state index contributed by atoms with van der Waals surface area (Å²) in [5, 5.41) is 0.0727. The van der Waals surface area contributed by atoms with Gasteiger partial charge in [0.25, 0.3) is 0 Å². The van der Waals surface area contributed by atoms with E-state index in [2.05, 4.69) is 22.5 Å². The molecule has 1 aromatic heterocycles. The number of nitrogens with zero attached hydrogens (tertiary/aromatic N) is 2. The topological polar surface area (TPSA) is 51.7 Å². The minimum Gasteiger partial charge on any atom is -0.494 e. The SMILES string of the molecule is COc1ccc(N2CCOCC2)c2sc(C(=O)S)nc12. The van der Waals surface area contributed by atoms with Crippen molar-refractivity contribution in [2.75, 3.05) is 38.3 Å². The summed E-state index contributed by atoms with van der Waals surface area (Å²) in [7, 11) is 1.60. The fraction of sp³-hybridized carbons (Fsp3) is 0.385. The van der Waals surface area contributed by atoms with Crippen molar-refractivity contribution >= 4 is 45.0 Å². The predicted molar refractivity (Wildman–Crippen MR) is 82.5 cm³/mol. The zero-order valence-electron chi connectivity index (χ0n) is 11.0. The summed E-state index contributed by atoms with van der Waals surface area (Å²) in [6, 6.07) is 3.90. The summed E-state index contributed by atoms with van der Waals surface area (Å²) < 4.78 is 11.7. The highest BCUT2D eigenvalue weighted by Crippen LogP contribution is 2.38. The summed E-state index contributed by atoms with van der Waals surface area (Å²) in [6.07, 6.45) is 0. The van der Waals surface area contributed by atoms with Crippen LogP contribution in [0.2, 0.25) is 0 Å². The van der Waals surface area contributed by atoms with E-state index < -0.39 is 0 Å². The van der Waals surface area contributed by atoms with E-state index in [1.54, 1.807) is 7.11 Å². The van der Waals surface area contributed by atoms with E-state index in [0.717, 1.165) is 29.0 Å². The molecule has 2 heterocycles. The van der Waals surface area contributed by atoms with Crippen molar-refractivity contribution in [2.45, 2.75) is 0 Å². The first kappa shape index (κ1) is 13.7. The molecule has 0 amide bonds. The lowest BCUT2D eigenvalue weighted by Crippen LogP contribution is -2.36. The Morgan fingerprint density at radius 2 is 2.20 bits per heavy atom. The Morgan fingerprint density at radius 3 is 2.85 bits per heavy atom. The third kappa shape index (κ3) is 2.36. The molecule has 0 aliphatic carbocycles. The molecule has 1 fully saturated rings. The van der Waals surface area contributed by atoms with Crippen molar-refractivity contribution < 1.29 is 14.3 Å². The Hall–Kier alpha value is -1.31. The second-order valence-electron chi connectivity index (χ2n) is 4.39. The van der Waals surface area contributed by atoms with Gasteiger partial charge in [-0.15, -0.1) is 11.3 Å². The van der Waals surface area contributed by atoms with Gasteiger partial charge in [-0.1, -0.05) is 12.6 Å². The lowest BCUT2D eigenvalue weighted by molar-refractivity contribution is 0.109. The highest BCUT2D eigenvalue weighted by atomic mass is 32.1. The Bertz CT molecular complexity index is 650. The van der Waals surface area contributed by atoms with Gasteiger partial charge < -0.3 is 14.4 Å². The molecule has 1 aliphatic heterocycles. The van der Waals surface area contributed by atoms with Gasteiger partial charge in [0.2, 0.25) is 5.12 Å². The number of methoxy groups -OCH3 is 1. The molecule has 0 bridgehead atoms. The monoisotopic (exact) mass is 310 g/mol. The zero-order valence-corrected chi connectivity index (χ0v) is 12.7. The van der Waals surface area contributed by atoms with E-state index in [-0.39, 0.29) is 5.12 Å². The summed E-state index contributed by atoms with van der Waals surface area (Å²) in [4.78, 5) is 18.0. The van der Waals surface area contributed by atoms with E-state index in [9.17, 15) is 4.79 Å². The molecule has 0 radical (unpaired) electrons. The van der Waals surface area contributed by atoms with E-state index in [0.29, 0.717) is 24.0 Å². The van der Waals surface area contributed by atoms with Crippen molar-refractivity contribution in [2.24, 2.45) is 0 Å². The number of carbonyl (C=O) groups excluding carboxylic acids is 1. The highest BCUT2D eigenvalue weighted by molar-refractivity contribution is 7.97. The number of benzene rings is 1. The molecule has 20 heavy (non-hydrogen) atoms. The average molecular weight is 310 g/mol. The molecule has 0 N–H and O–H groups in total. The van der Waals surface area contributed by atoms with Crippen molar-refractivity contribution in [1.29, 1.82) is 0 Å². The van der Waals surface area contributed by atoms with Gasteiger partial charge in [0.05, 0.1) is 30.7 Å². The molecule has 0 atom stereocenters. The Labute approximate surface area is 125 Å². The van der Waals surface area contributed by atoms with Gasteiger partial charge in [0.1, 0.15) is 11.3 Å². The molecule has 0 saturated carbocycles. The summed E-state index contributed by atoms with van der Waals surface area (Å²) in [5.41, 5.74) is 1.79. The number of hydrogen-bond acceptors (Lipinski definition) is 6. The van der Waals surface area contributed by atoms with Gasteiger partial charge in [-0.3, -0.25) is 4.79 Å². The summed E-state index contributed by atoms with van der Waals surface area (Å²) >= 11 is 5.21. The molecule has 5 nitrogen and oxygen atoms in total. The molecular formula is C13H14N2O3S2. The number of ether oxygens (including phenoxy) is 2. The molecule has 7 heteroatoms. The van der Waals surface area contributed by atoms with Crippen LogP contribution in [0.15, 0.2) is 12.1 Å². The van der Waals surface area contributed by atoms with Crippen LogP contribution in [0.5, 0.6) is 5.75 Å². The Morgan fingerprint density at radius 1 is 1.45 bits per heavy atom. The van der Waals surface area contributed by atoms with Gasteiger partial charge in [0.15, 0.2) is 5.01 Å². The number of hydrogen-bond donors (Lipinski definition) is 1. The van der Waals surface area contributed by atoms with Gasteiger partial charge >= 0.3 is 0 Å². The standard InChI is InChI=1S/C13H14N2O3S2/c1-17-9-3-2-8(15-4-6-18-7-5-15)11-10(9)14-12(20-11)13(16)19/h2-3H,4-7H2,1H3,(H,16,19). The quantitative estimate of drug-likeness (QED) is 0.881. The summed E-state index contributed by atoms with van der Waals surface area (Å²) in [6.45, 7) is 3.10. The maximum atomic E-state index is 11.4. The molecule has 0 unspecified atom stereocenters. The van der Waals surface area contributed by atoms with Crippen molar-refractivity contribution in [3.8, 4) is 5.75 Å². The third-order valence-corrected chi connectivity index (χ3v) is 4.68. The van der Waals surface area contributed by atoms with E-state index in [4.69, 9.17) is 9.47 Å². The van der Waals surface area contributed by atoms with Gasteiger partial charge in [-0.05, 0) is 12.1 Å². The first-order valence-electron chi connectivity index (χ1n) is 6.24.